The second-order valence-corrected chi connectivity index (χ2v) is 3.46. The first-order valence-corrected chi connectivity index (χ1v) is 6.37. The van der Waals surface area contributed by atoms with Crippen molar-refractivity contribution in [1.82, 2.24) is 0 Å². The standard InChI is InChI=1S/C12H12O.2C2H6/c1-8-3-5-10-6-4-9(2)12(13)11(10)7-8;2*1-2/h3-7,13H,1-2H3;2*1-2H3. The van der Waals surface area contributed by atoms with Crippen molar-refractivity contribution >= 4 is 10.8 Å². The third-order valence-electron chi connectivity index (χ3n) is 2.35. The molecule has 0 aliphatic rings. The second kappa shape index (κ2) is 7.72. The molecule has 2 aromatic carbocycles. The summed E-state index contributed by atoms with van der Waals surface area (Å²) in [5.41, 5.74) is 2.10. The SMILES string of the molecule is CC.CC.Cc1ccc2ccc(C)c(O)c2c1. The Balaban J connectivity index is 0.000000581. The molecule has 0 aromatic heterocycles. The average molecular weight is 232 g/mol. The number of aryl methyl sites for hydroxylation is 2. The molecule has 0 bridgehead atoms. The zero-order valence-electron chi connectivity index (χ0n) is 11.8. The van der Waals surface area contributed by atoms with Crippen LogP contribution in [-0.2, 0) is 0 Å². The van der Waals surface area contributed by atoms with Crippen molar-refractivity contribution in [2.24, 2.45) is 0 Å². The zero-order valence-corrected chi connectivity index (χ0v) is 11.8. The van der Waals surface area contributed by atoms with E-state index in [9.17, 15) is 5.11 Å². The van der Waals surface area contributed by atoms with E-state index >= 15 is 0 Å². The van der Waals surface area contributed by atoms with Crippen LogP contribution < -0.4 is 0 Å². The molecular formula is C16H24O. The van der Waals surface area contributed by atoms with Gasteiger partial charge in [0.25, 0.3) is 0 Å². The summed E-state index contributed by atoms with van der Waals surface area (Å²) in [5, 5.41) is 11.8. The van der Waals surface area contributed by atoms with Gasteiger partial charge in [-0.1, -0.05) is 57.5 Å². The first-order chi connectivity index (χ1) is 8.18. The summed E-state index contributed by atoms with van der Waals surface area (Å²) in [6.45, 7) is 11.9. The van der Waals surface area contributed by atoms with Crippen LogP contribution in [0.1, 0.15) is 38.8 Å². The molecule has 0 saturated heterocycles. The Morgan fingerprint density at radius 2 is 1.35 bits per heavy atom. The lowest BCUT2D eigenvalue weighted by Gasteiger charge is -2.04. The Morgan fingerprint density at radius 3 is 1.94 bits per heavy atom. The molecule has 0 radical (unpaired) electrons. The van der Waals surface area contributed by atoms with Gasteiger partial charge in [0.1, 0.15) is 5.75 Å². The topological polar surface area (TPSA) is 20.2 Å². The first kappa shape index (κ1) is 15.5. The van der Waals surface area contributed by atoms with Gasteiger partial charge in [0, 0.05) is 5.39 Å². The van der Waals surface area contributed by atoms with Gasteiger partial charge in [-0.05, 0) is 30.9 Å². The minimum Gasteiger partial charge on any atom is -0.507 e. The summed E-state index contributed by atoms with van der Waals surface area (Å²) in [6, 6.07) is 10.1. The highest BCUT2D eigenvalue weighted by molar-refractivity contribution is 5.89. The highest BCUT2D eigenvalue weighted by Crippen LogP contribution is 2.28. The molecule has 0 heterocycles. The molecule has 2 rings (SSSR count). The predicted octanol–water partition coefficient (Wildman–Crippen LogP) is 5.21. The molecule has 1 nitrogen and oxygen atoms in total. The highest BCUT2D eigenvalue weighted by Gasteiger charge is 2.01. The van der Waals surface area contributed by atoms with Crippen molar-refractivity contribution in [3.05, 3.63) is 41.5 Å². The molecule has 0 fully saturated rings. The molecule has 1 heteroatoms. The lowest BCUT2D eigenvalue weighted by molar-refractivity contribution is 0.477. The van der Waals surface area contributed by atoms with Gasteiger partial charge < -0.3 is 5.11 Å². The number of aromatic hydroxyl groups is 1. The summed E-state index contributed by atoms with van der Waals surface area (Å²) < 4.78 is 0. The van der Waals surface area contributed by atoms with E-state index in [1.807, 2.05) is 65.8 Å². The van der Waals surface area contributed by atoms with E-state index in [4.69, 9.17) is 0 Å². The van der Waals surface area contributed by atoms with Crippen LogP contribution in [0.3, 0.4) is 0 Å². The molecule has 0 aliphatic carbocycles. The van der Waals surface area contributed by atoms with Crippen molar-refractivity contribution in [3.63, 3.8) is 0 Å². The number of hydrogen-bond acceptors (Lipinski definition) is 1. The van der Waals surface area contributed by atoms with Crippen LogP contribution >= 0.6 is 0 Å². The van der Waals surface area contributed by atoms with Gasteiger partial charge in [-0.15, -0.1) is 0 Å². The monoisotopic (exact) mass is 232 g/mol. The number of fused-ring (bicyclic) bond motifs is 1. The van der Waals surface area contributed by atoms with Gasteiger partial charge in [0.05, 0.1) is 0 Å². The zero-order chi connectivity index (χ0) is 13.4. The predicted molar refractivity (Wildman–Crippen MR) is 77.8 cm³/mol. The Labute approximate surface area is 105 Å². The summed E-state index contributed by atoms with van der Waals surface area (Å²) in [7, 11) is 0. The fourth-order valence-electron chi connectivity index (χ4n) is 1.53. The molecule has 0 amide bonds. The number of rotatable bonds is 0. The highest BCUT2D eigenvalue weighted by atomic mass is 16.3. The second-order valence-electron chi connectivity index (χ2n) is 3.46. The largest absolute Gasteiger partial charge is 0.507 e. The van der Waals surface area contributed by atoms with Gasteiger partial charge in [0.2, 0.25) is 0 Å². The molecule has 1 N–H and O–H groups in total. The average Bonchev–Trinajstić information content (AvgIpc) is 2.39. The molecule has 0 aliphatic heterocycles. The van der Waals surface area contributed by atoms with E-state index in [0.717, 1.165) is 16.3 Å². The lowest BCUT2D eigenvalue weighted by Crippen LogP contribution is -1.79. The molecule has 0 spiro atoms. The number of phenols is 1. The Kier molecular flexibility index (Phi) is 7.04. The third-order valence-corrected chi connectivity index (χ3v) is 2.35. The summed E-state index contributed by atoms with van der Waals surface area (Å²) in [6.07, 6.45) is 0. The third kappa shape index (κ3) is 3.77. The van der Waals surface area contributed by atoms with E-state index in [2.05, 4.69) is 6.07 Å². The van der Waals surface area contributed by atoms with E-state index in [1.54, 1.807) is 0 Å². The normalized spacial score (nSPS) is 8.82. The van der Waals surface area contributed by atoms with E-state index in [-0.39, 0.29) is 0 Å². The molecule has 0 atom stereocenters. The van der Waals surface area contributed by atoms with Crippen LogP contribution in [0, 0.1) is 13.8 Å². The maximum atomic E-state index is 9.78. The van der Waals surface area contributed by atoms with Crippen molar-refractivity contribution in [3.8, 4) is 5.75 Å². The maximum absolute atomic E-state index is 9.78. The summed E-state index contributed by atoms with van der Waals surface area (Å²) >= 11 is 0. The fourth-order valence-corrected chi connectivity index (χ4v) is 1.53. The van der Waals surface area contributed by atoms with E-state index in [1.165, 1.54) is 5.56 Å². The Bertz CT molecular complexity index is 453. The van der Waals surface area contributed by atoms with Crippen LogP contribution in [0.15, 0.2) is 30.3 Å². The van der Waals surface area contributed by atoms with Crippen LogP contribution in [0.4, 0.5) is 0 Å². The molecule has 2 aromatic rings. The van der Waals surface area contributed by atoms with E-state index in [0.29, 0.717) is 5.75 Å². The van der Waals surface area contributed by atoms with Crippen molar-refractivity contribution < 1.29 is 5.11 Å². The van der Waals surface area contributed by atoms with Crippen LogP contribution in [-0.4, -0.2) is 5.11 Å². The molecule has 17 heavy (non-hydrogen) atoms. The van der Waals surface area contributed by atoms with E-state index < -0.39 is 0 Å². The summed E-state index contributed by atoms with van der Waals surface area (Å²) in [4.78, 5) is 0. The fraction of sp³-hybridized carbons (Fsp3) is 0.375. The smallest absolute Gasteiger partial charge is 0.126 e. The molecular weight excluding hydrogens is 208 g/mol. The quantitative estimate of drug-likeness (QED) is 0.660. The Morgan fingerprint density at radius 1 is 0.824 bits per heavy atom. The van der Waals surface area contributed by atoms with Gasteiger partial charge in [-0.3, -0.25) is 0 Å². The van der Waals surface area contributed by atoms with Crippen LogP contribution in [0.2, 0.25) is 0 Å². The minimum absolute atomic E-state index is 0.404. The number of benzene rings is 2. The van der Waals surface area contributed by atoms with Crippen molar-refractivity contribution in [1.29, 1.82) is 0 Å². The van der Waals surface area contributed by atoms with Crippen LogP contribution in [0.25, 0.3) is 10.8 Å². The van der Waals surface area contributed by atoms with Gasteiger partial charge in [-0.2, -0.15) is 0 Å². The first-order valence-electron chi connectivity index (χ1n) is 6.37. The number of phenolic OH excluding ortho intramolecular Hbond substituents is 1. The van der Waals surface area contributed by atoms with Crippen LogP contribution in [0.5, 0.6) is 5.75 Å². The minimum atomic E-state index is 0.404. The maximum Gasteiger partial charge on any atom is 0.126 e. The van der Waals surface area contributed by atoms with Crippen molar-refractivity contribution in [2.75, 3.05) is 0 Å². The molecule has 0 saturated carbocycles. The van der Waals surface area contributed by atoms with Gasteiger partial charge in [0.15, 0.2) is 0 Å². The summed E-state index contributed by atoms with van der Waals surface area (Å²) in [5.74, 6) is 0.404. The van der Waals surface area contributed by atoms with Crippen molar-refractivity contribution in [2.45, 2.75) is 41.5 Å². The van der Waals surface area contributed by atoms with Gasteiger partial charge in [-0.25, -0.2) is 0 Å². The number of hydrogen-bond donors (Lipinski definition) is 1. The molecule has 94 valence electrons. The lowest BCUT2D eigenvalue weighted by atomic mass is 10.0. The van der Waals surface area contributed by atoms with Gasteiger partial charge >= 0.3 is 0 Å². The Hall–Kier alpha value is -1.50. The molecule has 0 unspecified atom stereocenters.